The molecular weight excluding hydrogens is 240 g/mol. The summed E-state index contributed by atoms with van der Waals surface area (Å²) in [6.45, 7) is 0. The summed E-state index contributed by atoms with van der Waals surface area (Å²) in [6.07, 6.45) is 1.65. The maximum Gasteiger partial charge on any atom is 0.373 e. The first-order chi connectivity index (χ1) is 8.29. The Morgan fingerprint density at radius 1 is 1.29 bits per heavy atom. The minimum Gasteiger partial charge on any atom is -0.468 e. The second-order valence-electron chi connectivity index (χ2n) is 3.33. The largest absolute Gasteiger partial charge is 0.468 e. The molecule has 0 aromatic carbocycles. The molecule has 0 unspecified atom stereocenters. The number of hydrogen-bond acceptors (Lipinski definition) is 5. The number of ether oxygens (including phenoxy) is 1. The quantitative estimate of drug-likeness (QED) is 0.765. The topological polar surface area (TPSA) is 52.6 Å². The van der Waals surface area contributed by atoms with Crippen molar-refractivity contribution in [3.8, 4) is 0 Å². The van der Waals surface area contributed by atoms with Crippen molar-refractivity contribution in [3.63, 3.8) is 0 Å². The van der Waals surface area contributed by atoms with Crippen LogP contribution in [-0.2, 0) is 16.2 Å². The van der Waals surface area contributed by atoms with E-state index in [1.165, 1.54) is 7.11 Å². The van der Waals surface area contributed by atoms with Gasteiger partial charge in [0.05, 0.1) is 24.9 Å². The summed E-state index contributed by atoms with van der Waals surface area (Å²) in [5.41, 5.74) is 0. The van der Waals surface area contributed by atoms with Crippen molar-refractivity contribution in [2.45, 2.75) is 11.5 Å². The molecule has 0 spiro atoms. The number of thioether (sulfide) groups is 1. The zero-order valence-electron chi connectivity index (χ0n) is 9.34. The standard InChI is InChI=1S/C12H12O4S/c1-14-12(13)11-5-4-10(16-11)8-17-7-9-3-2-6-15-9/h2-6H,7-8H2,1H3. The molecule has 2 heterocycles. The van der Waals surface area contributed by atoms with Gasteiger partial charge in [-0.05, 0) is 24.3 Å². The average molecular weight is 252 g/mol. The lowest BCUT2D eigenvalue weighted by molar-refractivity contribution is 0.0563. The van der Waals surface area contributed by atoms with Crippen molar-refractivity contribution in [1.82, 2.24) is 0 Å². The summed E-state index contributed by atoms with van der Waals surface area (Å²) >= 11 is 1.66. The van der Waals surface area contributed by atoms with Crippen LogP contribution in [0.2, 0.25) is 0 Å². The molecule has 0 bridgehead atoms. The van der Waals surface area contributed by atoms with Crippen molar-refractivity contribution in [3.05, 3.63) is 47.8 Å². The van der Waals surface area contributed by atoms with E-state index in [0.29, 0.717) is 5.75 Å². The molecule has 0 amide bonds. The number of hydrogen-bond donors (Lipinski definition) is 0. The van der Waals surface area contributed by atoms with E-state index in [4.69, 9.17) is 8.83 Å². The summed E-state index contributed by atoms with van der Waals surface area (Å²) in [7, 11) is 1.33. The Balaban J connectivity index is 1.83. The SMILES string of the molecule is COC(=O)c1ccc(CSCc2ccco2)o1. The second-order valence-corrected chi connectivity index (χ2v) is 4.32. The minimum atomic E-state index is -0.452. The van der Waals surface area contributed by atoms with Crippen LogP contribution in [0.4, 0.5) is 0 Å². The van der Waals surface area contributed by atoms with Gasteiger partial charge in [-0.2, -0.15) is 0 Å². The summed E-state index contributed by atoms with van der Waals surface area (Å²) < 4.78 is 15.1. The van der Waals surface area contributed by atoms with Gasteiger partial charge in [0, 0.05) is 0 Å². The molecule has 0 N–H and O–H groups in total. The van der Waals surface area contributed by atoms with Gasteiger partial charge in [0.25, 0.3) is 0 Å². The highest BCUT2D eigenvalue weighted by molar-refractivity contribution is 7.97. The number of carbonyl (C=O) groups excluding carboxylic acids is 1. The first-order valence-electron chi connectivity index (χ1n) is 5.07. The van der Waals surface area contributed by atoms with Gasteiger partial charge in [0.15, 0.2) is 0 Å². The molecular formula is C12H12O4S. The fourth-order valence-electron chi connectivity index (χ4n) is 1.31. The highest BCUT2D eigenvalue weighted by Gasteiger charge is 2.10. The van der Waals surface area contributed by atoms with Crippen LogP contribution in [0, 0.1) is 0 Å². The molecule has 0 aliphatic rings. The molecule has 2 aromatic rings. The Hall–Kier alpha value is -1.62. The third-order valence-corrected chi connectivity index (χ3v) is 3.09. The van der Waals surface area contributed by atoms with E-state index in [0.717, 1.165) is 17.3 Å². The van der Waals surface area contributed by atoms with Crippen LogP contribution in [0.15, 0.2) is 39.4 Å². The van der Waals surface area contributed by atoms with Crippen molar-refractivity contribution < 1.29 is 18.4 Å². The van der Waals surface area contributed by atoms with Crippen LogP contribution in [0.25, 0.3) is 0 Å². The van der Waals surface area contributed by atoms with Crippen LogP contribution in [0.1, 0.15) is 22.1 Å². The van der Waals surface area contributed by atoms with Gasteiger partial charge in [0.2, 0.25) is 5.76 Å². The maximum atomic E-state index is 11.1. The van der Waals surface area contributed by atoms with Crippen molar-refractivity contribution in [2.75, 3.05) is 7.11 Å². The third kappa shape index (κ3) is 3.17. The molecule has 4 nitrogen and oxygen atoms in total. The molecule has 17 heavy (non-hydrogen) atoms. The number of esters is 1. The van der Waals surface area contributed by atoms with Gasteiger partial charge < -0.3 is 13.6 Å². The van der Waals surface area contributed by atoms with Gasteiger partial charge in [-0.1, -0.05) is 0 Å². The lowest BCUT2D eigenvalue weighted by atomic mass is 10.4. The number of carbonyl (C=O) groups is 1. The summed E-state index contributed by atoms with van der Waals surface area (Å²) in [6, 6.07) is 7.18. The third-order valence-electron chi connectivity index (χ3n) is 2.12. The van der Waals surface area contributed by atoms with E-state index in [9.17, 15) is 4.79 Å². The van der Waals surface area contributed by atoms with Crippen LogP contribution in [-0.4, -0.2) is 13.1 Å². The predicted octanol–water partition coefficient (Wildman–Crippen LogP) is 3.09. The van der Waals surface area contributed by atoms with E-state index in [2.05, 4.69) is 4.74 Å². The first-order valence-corrected chi connectivity index (χ1v) is 6.22. The number of methoxy groups -OCH3 is 1. The van der Waals surface area contributed by atoms with Crippen molar-refractivity contribution in [2.24, 2.45) is 0 Å². The molecule has 0 saturated heterocycles. The number of furan rings is 2. The molecule has 0 radical (unpaired) electrons. The maximum absolute atomic E-state index is 11.1. The molecule has 0 aliphatic carbocycles. The second kappa shape index (κ2) is 5.63. The first kappa shape index (κ1) is 11.9. The molecule has 2 aromatic heterocycles. The van der Waals surface area contributed by atoms with Gasteiger partial charge in [-0.15, -0.1) is 11.8 Å². The van der Waals surface area contributed by atoms with E-state index < -0.39 is 5.97 Å². The van der Waals surface area contributed by atoms with Crippen molar-refractivity contribution in [1.29, 1.82) is 0 Å². The Bertz CT molecular complexity index is 472. The van der Waals surface area contributed by atoms with Gasteiger partial charge in [-0.3, -0.25) is 0 Å². The Labute approximate surface area is 103 Å². The van der Waals surface area contributed by atoms with E-state index >= 15 is 0 Å². The predicted molar refractivity (Wildman–Crippen MR) is 63.8 cm³/mol. The molecule has 90 valence electrons. The molecule has 2 rings (SSSR count). The van der Waals surface area contributed by atoms with Crippen LogP contribution >= 0.6 is 11.8 Å². The van der Waals surface area contributed by atoms with Gasteiger partial charge >= 0.3 is 5.97 Å². The monoisotopic (exact) mass is 252 g/mol. The number of rotatable bonds is 5. The molecule has 5 heteroatoms. The van der Waals surface area contributed by atoms with E-state index in [1.807, 2.05) is 12.1 Å². The fraction of sp³-hybridized carbons (Fsp3) is 0.250. The lowest BCUT2D eigenvalue weighted by Gasteiger charge is -1.96. The van der Waals surface area contributed by atoms with Crippen LogP contribution in [0.5, 0.6) is 0 Å². The lowest BCUT2D eigenvalue weighted by Crippen LogP contribution is -1.98. The average Bonchev–Trinajstić information content (AvgIpc) is 2.99. The van der Waals surface area contributed by atoms with Crippen LogP contribution < -0.4 is 0 Å². The zero-order chi connectivity index (χ0) is 12.1. The molecule has 0 saturated carbocycles. The minimum absolute atomic E-state index is 0.237. The Morgan fingerprint density at radius 3 is 2.82 bits per heavy atom. The van der Waals surface area contributed by atoms with E-state index in [1.54, 1.807) is 30.2 Å². The molecule has 0 aliphatic heterocycles. The highest BCUT2D eigenvalue weighted by Crippen LogP contribution is 2.20. The Morgan fingerprint density at radius 2 is 2.12 bits per heavy atom. The summed E-state index contributed by atoms with van der Waals surface area (Å²) in [4.78, 5) is 11.1. The molecule has 0 fully saturated rings. The summed E-state index contributed by atoms with van der Waals surface area (Å²) in [5.74, 6) is 2.93. The van der Waals surface area contributed by atoms with Crippen LogP contribution in [0.3, 0.4) is 0 Å². The zero-order valence-corrected chi connectivity index (χ0v) is 10.2. The highest BCUT2D eigenvalue weighted by atomic mass is 32.2. The smallest absolute Gasteiger partial charge is 0.373 e. The summed E-state index contributed by atoms with van der Waals surface area (Å²) in [5, 5.41) is 0. The van der Waals surface area contributed by atoms with Crippen molar-refractivity contribution >= 4 is 17.7 Å². The normalized spacial score (nSPS) is 10.4. The fourth-order valence-corrected chi connectivity index (χ4v) is 2.14. The molecule has 0 atom stereocenters. The Kier molecular flexibility index (Phi) is 3.93. The van der Waals surface area contributed by atoms with Gasteiger partial charge in [-0.25, -0.2) is 4.79 Å². The van der Waals surface area contributed by atoms with E-state index in [-0.39, 0.29) is 5.76 Å². The van der Waals surface area contributed by atoms with Gasteiger partial charge in [0.1, 0.15) is 11.5 Å².